The van der Waals surface area contributed by atoms with Crippen molar-refractivity contribution < 1.29 is 9.53 Å². The molecular weight excluding hydrogens is 510 g/mol. The predicted molar refractivity (Wildman–Crippen MR) is 172 cm³/mol. The molecule has 226 valence electrons. The highest BCUT2D eigenvalue weighted by Gasteiger charge is 2.31. The summed E-state index contributed by atoms with van der Waals surface area (Å²) in [5.41, 5.74) is 8.91. The van der Waals surface area contributed by atoms with Gasteiger partial charge in [0.25, 0.3) is 0 Å². The Balaban J connectivity index is 1.74. The van der Waals surface area contributed by atoms with E-state index in [2.05, 4.69) is 23.9 Å². The summed E-state index contributed by atoms with van der Waals surface area (Å²) in [5, 5.41) is 0. The van der Waals surface area contributed by atoms with Crippen LogP contribution in [0.4, 0.5) is 5.82 Å². The highest BCUT2D eigenvalue weighted by molar-refractivity contribution is 6.10. The van der Waals surface area contributed by atoms with Crippen molar-refractivity contribution in [1.29, 1.82) is 0 Å². The van der Waals surface area contributed by atoms with Gasteiger partial charge in [-0.1, -0.05) is 25.3 Å². The van der Waals surface area contributed by atoms with Crippen LogP contribution in [0.3, 0.4) is 0 Å². The van der Waals surface area contributed by atoms with Gasteiger partial charge in [-0.05, 0) is 102 Å². The molecule has 0 atom stereocenters. The van der Waals surface area contributed by atoms with Gasteiger partial charge >= 0.3 is 0 Å². The molecule has 7 heteroatoms. The Morgan fingerprint density at radius 2 is 1.78 bits per heavy atom. The molecule has 0 unspecified atom stereocenters. The molecule has 2 aliphatic rings. The third-order valence-electron chi connectivity index (χ3n) is 8.67. The van der Waals surface area contributed by atoms with Crippen LogP contribution in [0.2, 0.25) is 0 Å². The molecule has 1 aromatic rings. The summed E-state index contributed by atoms with van der Waals surface area (Å²) in [6.45, 7) is 9.96. The van der Waals surface area contributed by atoms with Crippen LogP contribution in [0.15, 0.2) is 53.1 Å². The lowest BCUT2D eigenvalue weighted by Gasteiger charge is -2.36. The second kappa shape index (κ2) is 16.4. The van der Waals surface area contributed by atoms with Crippen molar-refractivity contribution >= 4 is 23.5 Å². The third kappa shape index (κ3) is 9.47. The number of nitrogens with two attached hydrogens (primary N) is 1. The summed E-state index contributed by atoms with van der Waals surface area (Å²) in [6, 6.07) is 4.14. The summed E-state index contributed by atoms with van der Waals surface area (Å²) >= 11 is 0. The molecule has 2 saturated carbocycles. The Morgan fingerprint density at radius 3 is 2.37 bits per heavy atom. The van der Waals surface area contributed by atoms with Crippen molar-refractivity contribution in [2.24, 2.45) is 28.5 Å². The quantitative estimate of drug-likeness (QED) is 0.169. The third-order valence-corrected chi connectivity index (χ3v) is 8.67. The maximum absolute atomic E-state index is 14.0. The van der Waals surface area contributed by atoms with E-state index in [1.54, 1.807) is 19.5 Å². The number of methoxy groups -OCH3 is 1. The average Bonchev–Trinajstić information content (AvgIpc) is 2.99. The van der Waals surface area contributed by atoms with Crippen molar-refractivity contribution in [3.05, 3.63) is 53.7 Å². The van der Waals surface area contributed by atoms with Crippen LogP contribution in [0.25, 0.3) is 5.57 Å². The zero-order valence-electron chi connectivity index (χ0n) is 26.3. The van der Waals surface area contributed by atoms with E-state index in [0.29, 0.717) is 11.8 Å². The van der Waals surface area contributed by atoms with Crippen LogP contribution in [0.1, 0.15) is 91.0 Å². The number of carbonyl (C=O) groups excluding carboxylic acids is 1. The van der Waals surface area contributed by atoms with Crippen LogP contribution >= 0.6 is 0 Å². The van der Waals surface area contributed by atoms with E-state index in [1.807, 2.05) is 56.2 Å². The van der Waals surface area contributed by atoms with E-state index >= 15 is 0 Å². The first-order chi connectivity index (χ1) is 19.8. The highest BCUT2D eigenvalue weighted by Crippen LogP contribution is 2.34. The van der Waals surface area contributed by atoms with E-state index in [0.717, 1.165) is 80.0 Å². The SMILES string of the molecule is C/C=C\C(OC)=C(\C)N(C)CC1CCC(CN(C(=O)C2CCCCC2)c2cc(/C(C=NC(C)C)=C/N)ccn2)CC1. The van der Waals surface area contributed by atoms with E-state index in [-0.39, 0.29) is 17.9 Å². The zero-order valence-corrected chi connectivity index (χ0v) is 26.3. The molecule has 1 heterocycles. The van der Waals surface area contributed by atoms with Gasteiger partial charge in [-0.3, -0.25) is 14.7 Å². The maximum Gasteiger partial charge on any atom is 0.231 e. The smallest absolute Gasteiger partial charge is 0.231 e. The number of nitrogens with zero attached hydrogens (tertiary/aromatic N) is 4. The average molecular weight is 564 g/mol. The molecule has 0 bridgehead atoms. The normalized spacial score (nSPS) is 21.4. The maximum atomic E-state index is 14.0. The summed E-state index contributed by atoms with van der Waals surface area (Å²) in [5.74, 6) is 3.08. The van der Waals surface area contributed by atoms with E-state index in [9.17, 15) is 4.79 Å². The van der Waals surface area contributed by atoms with Gasteiger partial charge in [-0.2, -0.15) is 0 Å². The Hall–Kier alpha value is -3.09. The number of carbonyl (C=O) groups is 1. The van der Waals surface area contributed by atoms with Gasteiger partial charge in [0, 0.05) is 56.3 Å². The molecule has 0 aromatic carbocycles. The Morgan fingerprint density at radius 1 is 1.12 bits per heavy atom. The van der Waals surface area contributed by atoms with Gasteiger partial charge in [-0.15, -0.1) is 0 Å². The minimum Gasteiger partial charge on any atom is -0.495 e. The number of anilines is 1. The summed E-state index contributed by atoms with van der Waals surface area (Å²) in [4.78, 5) is 27.5. The highest BCUT2D eigenvalue weighted by atomic mass is 16.5. The van der Waals surface area contributed by atoms with Crippen LogP contribution in [-0.4, -0.2) is 55.3 Å². The minimum absolute atomic E-state index is 0.0909. The molecule has 3 rings (SSSR count). The van der Waals surface area contributed by atoms with Crippen LogP contribution < -0.4 is 10.6 Å². The van der Waals surface area contributed by atoms with Gasteiger partial charge in [-0.25, -0.2) is 4.98 Å². The predicted octanol–water partition coefficient (Wildman–Crippen LogP) is 6.97. The Kier molecular flexibility index (Phi) is 13.0. The molecule has 0 aliphatic heterocycles. The van der Waals surface area contributed by atoms with Crippen molar-refractivity contribution in [3.8, 4) is 0 Å². The molecule has 41 heavy (non-hydrogen) atoms. The van der Waals surface area contributed by atoms with Gasteiger partial charge < -0.3 is 15.4 Å². The second-order valence-electron chi connectivity index (χ2n) is 12.1. The molecule has 2 N–H and O–H groups in total. The van der Waals surface area contributed by atoms with Gasteiger partial charge in [0.2, 0.25) is 5.91 Å². The monoisotopic (exact) mass is 563 g/mol. The fourth-order valence-corrected chi connectivity index (χ4v) is 6.11. The van der Waals surface area contributed by atoms with E-state index in [1.165, 1.54) is 19.3 Å². The van der Waals surface area contributed by atoms with Gasteiger partial charge in [0.05, 0.1) is 12.8 Å². The number of allylic oxidation sites excluding steroid dienone is 4. The Bertz CT molecular complexity index is 1090. The van der Waals surface area contributed by atoms with Gasteiger partial charge in [0.15, 0.2) is 0 Å². The molecule has 1 amide bonds. The lowest BCUT2D eigenvalue weighted by atomic mass is 9.81. The topological polar surface area (TPSA) is 84.0 Å². The molecule has 1 aromatic heterocycles. The molecule has 0 spiro atoms. The fourth-order valence-electron chi connectivity index (χ4n) is 6.11. The van der Waals surface area contributed by atoms with E-state index < -0.39 is 0 Å². The number of aliphatic imine (C=N–C) groups is 1. The van der Waals surface area contributed by atoms with Crippen LogP contribution in [0, 0.1) is 17.8 Å². The molecule has 0 saturated heterocycles. The number of pyridine rings is 1. The largest absolute Gasteiger partial charge is 0.495 e. The lowest BCUT2D eigenvalue weighted by Crippen LogP contribution is -2.42. The molecule has 0 radical (unpaired) electrons. The molecular formula is C34H53N5O2. The van der Waals surface area contributed by atoms with Crippen LogP contribution in [0.5, 0.6) is 0 Å². The molecule has 2 aliphatic carbocycles. The summed E-state index contributed by atoms with van der Waals surface area (Å²) in [7, 11) is 3.89. The fraction of sp³-hybridized carbons (Fsp3) is 0.618. The first-order valence-corrected chi connectivity index (χ1v) is 15.6. The zero-order chi connectivity index (χ0) is 29.8. The van der Waals surface area contributed by atoms with Crippen molar-refractivity contribution in [3.63, 3.8) is 0 Å². The number of aromatic nitrogens is 1. The number of hydrogen-bond acceptors (Lipinski definition) is 6. The Labute approximate surface area is 248 Å². The number of rotatable bonds is 12. The minimum atomic E-state index is 0.0909. The number of amides is 1. The first kappa shape index (κ1) is 32.4. The number of ether oxygens (including phenoxy) is 1. The van der Waals surface area contributed by atoms with Crippen LogP contribution in [-0.2, 0) is 9.53 Å². The summed E-state index contributed by atoms with van der Waals surface area (Å²) < 4.78 is 5.58. The number of hydrogen-bond donors (Lipinski definition) is 1. The van der Waals surface area contributed by atoms with Crippen molar-refractivity contribution in [2.75, 3.05) is 32.1 Å². The van der Waals surface area contributed by atoms with E-state index in [4.69, 9.17) is 15.5 Å². The second-order valence-corrected chi connectivity index (χ2v) is 12.1. The summed E-state index contributed by atoms with van der Waals surface area (Å²) in [6.07, 6.45) is 19.3. The molecule has 2 fully saturated rings. The van der Waals surface area contributed by atoms with Crippen molar-refractivity contribution in [2.45, 2.75) is 91.5 Å². The standard InChI is InChI=1S/C34H53N5O2/c1-7-11-32(41-6)26(4)38(5)23-27-14-16-28(17-15-27)24-39(34(40)29-12-9-8-10-13-29)33-20-30(18-19-36-33)31(21-35)22-37-25(2)3/h7,11,18-22,25,27-29H,8-10,12-17,23-24,35H2,1-6H3/b11-7-,31-21+,32-26+,37-22?. The van der Waals surface area contributed by atoms with Crippen molar-refractivity contribution in [1.82, 2.24) is 9.88 Å². The lowest BCUT2D eigenvalue weighted by molar-refractivity contribution is -0.123. The first-order valence-electron chi connectivity index (χ1n) is 15.6. The molecule has 7 nitrogen and oxygen atoms in total. The van der Waals surface area contributed by atoms with Gasteiger partial charge in [0.1, 0.15) is 11.6 Å².